The average Bonchev–Trinajstić information content (AvgIpc) is 3.06. The van der Waals surface area contributed by atoms with E-state index in [-0.39, 0.29) is 0 Å². The van der Waals surface area contributed by atoms with Crippen LogP contribution < -0.4 is 0 Å². The van der Waals surface area contributed by atoms with Crippen molar-refractivity contribution in [3.8, 4) is 11.3 Å². The van der Waals surface area contributed by atoms with Crippen molar-refractivity contribution in [1.82, 2.24) is 9.55 Å². The Bertz CT molecular complexity index is 864. The van der Waals surface area contributed by atoms with Gasteiger partial charge in [-0.3, -0.25) is 0 Å². The van der Waals surface area contributed by atoms with Crippen molar-refractivity contribution >= 4 is 34.9 Å². The molecule has 0 saturated carbocycles. The zero-order valence-electron chi connectivity index (χ0n) is 10.6. The maximum atomic E-state index is 5.91. The number of furan rings is 1. The van der Waals surface area contributed by atoms with Gasteiger partial charge in [0.25, 0.3) is 0 Å². The van der Waals surface area contributed by atoms with E-state index in [2.05, 4.69) is 9.55 Å². The molecule has 100 valence electrons. The molecule has 0 aliphatic carbocycles. The Morgan fingerprint density at radius 2 is 2.05 bits per heavy atom. The summed E-state index contributed by atoms with van der Waals surface area (Å²) < 4.78 is 8.80. The van der Waals surface area contributed by atoms with Crippen molar-refractivity contribution in [3.63, 3.8) is 0 Å². The molecule has 0 spiro atoms. The molecule has 3 nitrogen and oxygen atoms in total. The number of hydrogen-bond acceptors (Lipinski definition) is 3. The summed E-state index contributed by atoms with van der Waals surface area (Å²) in [6.07, 6.45) is 2.07. The van der Waals surface area contributed by atoms with Crippen LogP contribution in [0, 0.1) is 4.64 Å². The number of halogens is 1. The summed E-state index contributed by atoms with van der Waals surface area (Å²) in [6.45, 7) is 0.957. The fraction of sp³-hybridized carbons (Fsp3) is 0.200. The predicted molar refractivity (Wildman–Crippen MR) is 81.6 cm³/mol. The van der Waals surface area contributed by atoms with Gasteiger partial charge < -0.3 is 8.98 Å². The van der Waals surface area contributed by atoms with E-state index in [4.69, 9.17) is 28.2 Å². The summed E-state index contributed by atoms with van der Waals surface area (Å²) in [7, 11) is 0. The Kier molecular flexibility index (Phi) is 2.69. The molecule has 3 aromatic rings. The van der Waals surface area contributed by atoms with Gasteiger partial charge in [-0.05, 0) is 36.8 Å². The number of aryl methyl sites for hydroxylation is 1. The van der Waals surface area contributed by atoms with E-state index in [1.807, 2.05) is 30.3 Å². The van der Waals surface area contributed by atoms with Crippen LogP contribution in [-0.4, -0.2) is 9.55 Å². The zero-order valence-corrected chi connectivity index (χ0v) is 12.2. The van der Waals surface area contributed by atoms with Gasteiger partial charge in [0.05, 0.1) is 5.39 Å². The summed E-state index contributed by atoms with van der Waals surface area (Å²) in [5.41, 5.74) is 1.61. The molecule has 5 heteroatoms. The van der Waals surface area contributed by atoms with Crippen LogP contribution in [-0.2, 0) is 13.0 Å². The molecule has 0 bridgehead atoms. The van der Waals surface area contributed by atoms with Gasteiger partial charge in [-0.25, -0.2) is 0 Å². The molecule has 0 atom stereocenters. The van der Waals surface area contributed by atoms with Crippen LogP contribution in [0.2, 0.25) is 5.02 Å². The quantitative estimate of drug-likeness (QED) is 0.614. The van der Waals surface area contributed by atoms with Crippen molar-refractivity contribution in [3.05, 3.63) is 45.8 Å². The second-order valence-electron chi connectivity index (χ2n) is 4.92. The summed E-state index contributed by atoms with van der Waals surface area (Å²) in [5.74, 6) is 1.80. The first-order valence-electron chi connectivity index (χ1n) is 6.51. The molecule has 2 aromatic heterocycles. The van der Waals surface area contributed by atoms with Gasteiger partial charge >= 0.3 is 0 Å². The lowest BCUT2D eigenvalue weighted by Gasteiger charge is -2.02. The number of rotatable bonds is 1. The maximum absolute atomic E-state index is 5.91. The molecule has 20 heavy (non-hydrogen) atoms. The molecule has 1 aliphatic heterocycles. The van der Waals surface area contributed by atoms with Gasteiger partial charge in [0.1, 0.15) is 16.2 Å². The van der Waals surface area contributed by atoms with E-state index in [1.165, 1.54) is 0 Å². The zero-order chi connectivity index (χ0) is 13.7. The monoisotopic (exact) mass is 302 g/mol. The van der Waals surface area contributed by atoms with Crippen LogP contribution in [0.1, 0.15) is 12.2 Å². The summed E-state index contributed by atoms with van der Waals surface area (Å²) >= 11 is 11.5. The van der Waals surface area contributed by atoms with Crippen LogP contribution in [0.5, 0.6) is 0 Å². The summed E-state index contributed by atoms with van der Waals surface area (Å²) in [4.78, 5) is 4.58. The van der Waals surface area contributed by atoms with Gasteiger partial charge in [0.15, 0.2) is 0 Å². The maximum Gasteiger partial charge on any atom is 0.231 e. The third-order valence-electron chi connectivity index (χ3n) is 3.64. The van der Waals surface area contributed by atoms with E-state index in [0.717, 1.165) is 46.6 Å². The minimum atomic E-state index is 0.633. The van der Waals surface area contributed by atoms with Crippen molar-refractivity contribution in [2.45, 2.75) is 19.4 Å². The van der Waals surface area contributed by atoms with Gasteiger partial charge in [0.2, 0.25) is 5.71 Å². The van der Waals surface area contributed by atoms with E-state index in [0.29, 0.717) is 10.7 Å². The highest BCUT2D eigenvalue weighted by atomic mass is 35.5. The molecule has 1 aromatic carbocycles. The molecule has 0 radical (unpaired) electrons. The van der Waals surface area contributed by atoms with Gasteiger partial charge in [0, 0.05) is 23.6 Å². The highest BCUT2D eigenvalue weighted by molar-refractivity contribution is 7.71. The number of aromatic nitrogens is 2. The first-order chi connectivity index (χ1) is 9.72. The predicted octanol–water partition coefficient (Wildman–Crippen LogP) is 4.63. The Morgan fingerprint density at radius 1 is 1.25 bits per heavy atom. The molecule has 4 rings (SSSR count). The van der Waals surface area contributed by atoms with E-state index in [9.17, 15) is 0 Å². The second-order valence-corrected chi connectivity index (χ2v) is 5.75. The van der Waals surface area contributed by atoms with Crippen LogP contribution in [0.3, 0.4) is 0 Å². The largest absolute Gasteiger partial charge is 0.438 e. The number of benzene rings is 1. The third kappa shape index (κ3) is 1.79. The van der Waals surface area contributed by atoms with Crippen molar-refractivity contribution in [2.75, 3.05) is 0 Å². The minimum absolute atomic E-state index is 0.633. The fourth-order valence-electron chi connectivity index (χ4n) is 2.63. The van der Waals surface area contributed by atoms with E-state index >= 15 is 0 Å². The molecule has 0 unspecified atom stereocenters. The van der Waals surface area contributed by atoms with E-state index < -0.39 is 0 Å². The minimum Gasteiger partial charge on any atom is -0.438 e. The smallest absolute Gasteiger partial charge is 0.231 e. The molecule has 0 N–H and O–H groups in total. The lowest BCUT2D eigenvalue weighted by molar-refractivity contribution is 0.612. The first-order valence-corrected chi connectivity index (χ1v) is 7.30. The lowest BCUT2D eigenvalue weighted by Crippen LogP contribution is -2.00. The van der Waals surface area contributed by atoms with Gasteiger partial charge in [-0.1, -0.05) is 23.8 Å². The Labute approximate surface area is 125 Å². The second kappa shape index (κ2) is 4.43. The summed E-state index contributed by atoms with van der Waals surface area (Å²) in [5, 5.41) is 1.62. The SMILES string of the molecule is S=c1c2cc(-c3ccc(Cl)cc3)oc2nc2n1CCC2. The number of fused-ring (bicyclic) bond motifs is 2. The van der Waals surface area contributed by atoms with Crippen molar-refractivity contribution in [2.24, 2.45) is 0 Å². The molecule has 1 aliphatic rings. The standard InChI is InChI=1S/C15H11ClN2OS/c16-10-5-3-9(4-6-10)12-8-11-14(19-12)17-13-2-1-7-18(13)15(11)20/h3-6,8H,1-2,7H2. The van der Waals surface area contributed by atoms with Gasteiger partial charge in [-0.2, -0.15) is 4.98 Å². The van der Waals surface area contributed by atoms with Gasteiger partial charge in [-0.15, -0.1) is 0 Å². The molecular weight excluding hydrogens is 292 g/mol. The lowest BCUT2D eigenvalue weighted by atomic mass is 10.2. The third-order valence-corrected chi connectivity index (χ3v) is 4.33. The molecule has 0 amide bonds. The molecule has 0 fully saturated rings. The first kappa shape index (κ1) is 12.1. The molecule has 0 saturated heterocycles. The Hall–Kier alpha value is -1.65. The topological polar surface area (TPSA) is 31.0 Å². The normalized spacial score (nSPS) is 13.8. The van der Waals surface area contributed by atoms with Crippen LogP contribution in [0.4, 0.5) is 0 Å². The number of hydrogen-bond donors (Lipinski definition) is 0. The van der Waals surface area contributed by atoms with Crippen LogP contribution in [0.25, 0.3) is 22.4 Å². The molecular formula is C15H11ClN2OS. The summed E-state index contributed by atoms with van der Waals surface area (Å²) in [6, 6.07) is 9.54. The number of nitrogens with zero attached hydrogens (tertiary/aromatic N) is 2. The van der Waals surface area contributed by atoms with Crippen molar-refractivity contribution < 1.29 is 4.42 Å². The average molecular weight is 303 g/mol. The highest BCUT2D eigenvalue weighted by Gasteiger charge is 2.17. The fourth-order valence-corrected chi connectivity index (χ4v) is 3.10. The highest BCUT2D eigenvalue weighted by Crippen LogP contribution is 2.30. The Balaban J connectivity index is 1.94. The van der Waals surface area contributed by atoms with E-state index in [1.54, 1.807) is 0 Å². The van der Waals surface area contributed by atoms with Crippen LogP contribution >= 0.6 is 23.8 Å². The van der Waals surface area contributed by atoms with Crippen LogP contribution in [0.15, 0.2) is 34.7 Å². The van der Waals surface area contributed by atoms with Crippen molar-refractivity contribution in [1.29, 1.82) is 0 Å². The molecule has 3 heterocycles. The Morgan fingerprint density at radius 3 is 2.85 bits per heavy atom.